The van der Waals surface area contributed by atoms with Crippen molar-refractivity contribution in [2.75, 3.05) is 13.2 Å². The molecule has 0 saturated carbocycles. The van der Waals surface area contributed by atoms with E-state index in [4.69, 9.17) is 10.5 Å². The predicted octanol–water partition coefficient (Wildman–Crippen LogP) is 1.46. The van der Waals surface area contributed by atoms with E-state index in [-0.39, 0.29) is 11.2 Å². The van der Waals surface area contributed by atoms with Crippen LogP contribution in [-0.2, 0) is 11.2 Å². The maximum atomic E-state index is 12.8. The van der Waals surface area contributed by atoms with Gasteiger partial charge < -0.3 is 10.5 Å². The number of hydrogen-bond donors (Lipinski definition) is 1. The molecule has 12 heavy (non-hydrogen) atoms. The zero-order valence-corrected chi connectivity index (χ0v) is 7.36. The number of rotatable bonds is 1. The van der Waals surface area contributed by atoms with Crippen LogP contribution in [0.15, 0.2) is 6.07 Å². The Morgan fingerprint density at radius 3 is 3.33 bits per heavy atom. The molecule has 1 aliphatic heterocycles. The van der Waals surface area contributed by atoms with Crippen molar-refractivity contribution in [1.82, 2.24) is 0 Å². The Morgan fingerprint density at radius 2 is 2.58 bits per heavy atom. The number of fused-ring (bicyclic) bond motifs is 1. The average Bonchev–Trinajstić information content (AvgIpc) is 2.44. The van der Waals surface area contributed by atoms with Crippen LogP contribution in [0.5, 0.6) is 0 Å². The fourth-order valence-electron chi connectivity index (χ4n) is 1.46. The van der Waals surface area contributed by atoms with Crippen LogP contribution in [0.1, 0.15) is 16.5 Å². The molecule has 2 nitrogen and oxygen atoms in total. The Hall–Kier alpha value is -0.450. The van der Waals surface area contributed by atoms with Crippen molar-refractivity contribution in [1.29, 1.82) is 0 Å². The zero-order chi connectivity index (χ0) is 8.55. The molecule has 2 rings (SSSR count). The van der Waals surface area contributed by atoms with Crippen LogP contribution in [0.3, 0.4) is 0 Å². The van der Waals surface area contributed by atoms with Crippen molar-refractivity contribution in [3.63, 3.8) is 0 Å². The molecule has 1 aromatic heterocycles. The number of hydrogen-bond acceptors (Lipinski definition) is 3. The van der Waals surface area contributed by atoms with Gasteiger partial charge in [-0.3, -0.25) is 0 Å². The molecule has 0 aliphatic carbocycles. The topological polar surface area (TPSA) is 35.2 Å². The highest BCUT2D eigenvalue weighted by atomic mass is 32.1. The van der Waals surface area contributed by atoms with Gasteiger partial charge in [-0.25, -0.2) is 0 Å². The molecule has 0 aromatic carbocycles. The largest absolute Gasteiger partial charge is 0.372 e. The van der Waals surface area contributed by atoms with Crippen molar-refractivity contribution >= 4 is 11.3 Å². The predicted molar refractivity (Wildman–Crippen MR) is 45.7 cm³/mol. The molecule has 66 valence electrons. The van der Waals surface area contributed by atoms with Crippen LogP contribution in [0.25, 0.3) is 0 Å². The average molecular weight is 187 g/mol. The molecular formula is C8H10FNOS. The molecule has 0 spiro atoms. The van der Waals surface area contributed by atoms with Crippen LogP contribution in [0.4, 0.5) is 4.39 Å². The second-order valence-electron chi connectivity index (χ2n) is 2.77. The third-order valence-electron chi connectivity index (χ3n) is 2.02. The zero-order valence-electron chi connectivity index (χ0n) is 6.55. The van der Waals surface area contributed by atoms with E-state index in [2.05, 4.69) is 0 Å². The lowest BCUT2D eigenvalue weighted by molar-refractivity contribution is 0.0497. The van der Waals surface area contributed by atoms with E-state index in [1.54, 1.807) is 0 Å². The van der Waals surface area contributed by atoms with Crippen LogP contribution in [-0.4, -0.2) is 13.2 Å². The third kappa shape index (κ3) is 1.26. The Morgan fingerprint density at radius 1 is 1.75 bits per heavy atom. The van der Waals surface area contributed by atoms with E-state index in [9.17, 15) is 4.39 Å². The first-order valence-corrected chi connectivity index (χ1v) is 4.72. The molecule has 1 unspecified atom stereocenters. The van der Waals surface area contributed by atoms with Gasteiger partial charge >= 0.3 is 0 Å². The van der Waals surface area contributed by atoms with Gasteiger partial charge in [-0.05, 0) is 11.6 Å². The number of nitrogens with two attached hydrogens (primary N) is 1. The maximum absolute atomic E-state index is 12.8. The van der Waals surface area contributed by atoms with Crippen LogP contribution >= 0.6 is 11.3 Å². The molecule has 0 amide bonds. The minimum absolute atomic E-state index is 0.0884. The molecule has 2 N–H and O–H groups in total. The van der Waals surface area contributed by atoms with E-state index >= 15 is 0 Å². The van der Waals surface area contributed by atoms with Crippen molar-refractivity contribution in [2.45, 2.75) is 12.5 Å². The third-order valence-corrected chi connectivity index (χ3v) is 3.02. The summed E-state index contributed by atoms with van der Waals surface area (Å²) in [5.74, 6) is 0. The van der Waals surface area contributed by atoms with E-state index in [0.717, 1.165) is 16.9 Å². The smallest absolute Gasteiger partial charge is 0.177 e. The molecule has 1 aromatic rings. The van der Waals surface area contributed by atoms with Gasteiger partial charge in [0.05, 0.1) is 12.7 Å². The first-order valence-electron chi connectivity index (χ1n) is 3.91. The first kappa shape index (κ1) is 8.16. The maximum Gasteiger partial charge on any atom is 0.177 e. The van der Waals surface area contributed by atoms with Crippen molar-refractivity contribution in [3.05, 3.63) is 21.6 Å². The van der Waals surface area contributed by atoms with Gasteiger partial charge in [0.1, 0.15) is 0 Å². The summed E-state index contributed by atoms with van der Waals surface area (Å²) >= 11 is 1.21. The molecule has 0 fully saturated rings. The second-order valence-corrected chi connectivity index (χ2v) is 3.86. The summed E-state index contributed by atoms with van der Waals surface area (Å²) < 4.78 is 18.2. The lowest BCUT2D eigenvalue weighted by Crippen LogP contribution is -2.21. The summed E-state index contributed by atoms with van der Waals surface area (Å²) in [5, 5.41) is -0.135. The molecule has 1 aliphatic rings. The molecule has 0 radical (unpaired) electrons. The Kier molecular flexibility index (Phi) is 2.12. The molecule has 0 saturated heterocycles. The number of ether oxygens (including phenoxy) is 1. The summed E-state index contributed by atoms with van der Waals surface area (Å²) in [4.78, 5) is 1.09. The highest BCUT2D eigenvalue weighted by Crippen LogP contribution is 2.32. The summed E-state index contributed by atoms with van der Waals surface area (Å²) in [5.41, 5.74) is 6.43. The highest BCUT2D eigenvalue weighted by molar-refractivity contribution is 7.10. The molecule has 1 atom stereocenters. The minimum Gasteiger partial charge on any atom is -0.372 e. The first-order chi connectivity index (χ1) is 5.81. The van der Waals surface area contributed by atoms with Crippen LogP contribution < -0.4 is 5.73 Å². The van der Waals surface area contributed by atoms with Crippen molar-refractivity contribution < 1.29 is 9.13 Å². The van der Waals surface area contributed by atoms with Gasteiger partial charge in [-0.2, -0.15) is 4.39 Å². The number of thiophene rings is 1. The summed E-state index contributed by atoms with van der Waals surface area (Å²) in [6, 6.07) is 1.54. The molecule has 0 bridgehead atoms. The van der Waals surface area contributed by atoms with E-state index in [1.165, 1.54) is 17.4 Å². The summed E-state index contributed by atoms with van der Waals surface area (Å²) in [6.07, 6.45) is 0.731. The van der Waals surface area contributed by atoms with Gasteiger partial charge in [-0.1, -0.05) is 0 Å². The summed E-state index contributed by atoms with van der Waals surface area (Å²) in [6.45, 7) is 1.10. The van der Waals surface area contributed by atoms with Gasteiger partial charge in [0, 0.05) is 17.8 Å². The van der Waals surface area contributed by atoms with Crippen molar-refractivity contribution in [2.24, 2.45) is 5.73 Å². The fourth-order valence-corrected chi connectivity index (χ4v) is 2.37. The quantitative estimate of drug-likeness (QED) is 0.722. The van der Waals surface area contributed by atoms with Gasteiger partial charge in [0.2, 0.25) is 0 Å². The molecule has 2 heterocycles. The lowest BCUT2D eigenvalue weighted by Gasteiger charge is -2.21. The van der Waals surface area contributed by atoms with Crippen LogP contribution in [0, 0.1) is 5.13 Å². The van der Waals surface area contributed by atoms with Crippen molar-refractivity contribution in [3.8, 4) is 0 Å². The highest BCUT2D eigenvalue weighted by Gasteiger charge is 2.22. The Bertz CT molecular complexity index is 287. The van der Waals surface area contributed by atoms with E-state index < -0.39 is 0 Å². The van der Waals surface area contributed by atoms with Gasteiger partial charge in [0.15, 0.2) is 5.13 Å². The standard InChI is InChI=1S/C8H10FNOS/c9-8-3-5-6(4-10)11-2-1-7(5)12-8/h3,6H,1-2,4,10H2. The molecule has 4 heteroatoms. The summed E-state index contributed by atoms with van der Waals surface area (Å²) in [7, 11) is 0. The van der Waals surface area contributed by atoms with Gasteiger partial charge in [-0.15, -0.1) is 11.3 Å². The normalized spacial score (nSPS) is 22.3. The van der Waals surface area contributed by atoms with E-state index in [1.807, 2.05) is 0 Å². The lowest BCUT2D eigenvalue weighted by atomic mass is 10.1. The Balaban J connectivity index is 2.36. The second kappa shape index (κ2) is 3.12. The number of halogens is 1. The SMILES string of the molecule is NCC1OCCc2sc(F)cc21. The monoisotopic (exact) mass is 187 g/mol. The van der Waals surface area contributed by atoms with Crippen LogP contribution in [0.2, 0.25) is 0 Å². The Labute approximate surface area is 74.1 Å². The minimum atomic E-state index is -0.135. The molecular weight excluding hydrogens is 177 g/mol. The fraction of sp³-hybridized carbons (Fsp3) is 0.500. The van der Waals surface area contributed by atoms with Gasteiger partial charge in [0.25, 0.3) is 0 Å². The van der Waals surface area contributed by atoms with E-state index in [0.29, 0.717) is 13.2 Å².